The SMILES string of the molecule is CCNC(=NCc1ccc(Br)cc1F)NC1CCN(C(N)=O)CC1. The van der Waals surface area contributed by atoms with Crippen LogP contribution in [0.4, 0.5) is 9.18 Å². The third-order valence-electron chi connectivity index (χ3n) is 3.91. The van der Waals surface area contributed by atoms with Gasteiger partial charge in [-0.2, -0.15) is 0 Å². The summed E-state index contributed by atoms with van der Waals surface area (Å²) in [5.74, 6) is 0.371. The summed E-state index contributed by atoms with van der Waals surface area (Å²) < 4.78 is 14.6. The molecule has 2 rings (SSSR count). The van der Waals surface area contributed by atoms with Crippen molar-refractivity contribution in [3.05, 3.63) is 34.1 Å². The monoisotopic (exact) mass is 399 g/mol. The molecular formula is C16H23BrFN5O. The Morgan fingerprint density at radius 3 is 2.75 bits per heavy atom. The number of carbonyl (C=O) groups excluding carboxylic acids is 1. The van der Waals surface area contributed by atoms with Gasteiger partial charge in [-0.1, -0.05) is 22.0 Å². The van der Waals surface area contributed by atoms with Gasteiger partial charge in [0.25, 0.3) is 0 Å². The number of rotatable bonds is 4. The van der Waals surface area contributed by atoms with Gasteiger partial charge in [0, 0.05) is 35.7 Å². The van der Waals surface area contributed by atoms with Gasteiger partial charge in [0.2, 0.25) is 0 Å². The van der Waals surface area contributed by atoms with E-state index in [0.29, 0.717) is 29.1 Å². The van der Waals surface area contributed by atoms with Crippen molar-refractivity contribution < 1.29 is 9.18 Å². The molecule has 1 fully saturated rings. The number of nitrogens with two attached hydrogens (primary N) is 1. The van der Waals surface area contributed by atoms with Crippen molar-refractivity contribution in [2.24, 2.45) is 10.7 Å². The fraction of sp³-hybridized carbons (Fsp3) is 0.500. The quantitative estimate of drug-likeness (QED) is 0.535. The zero-order valence-electron chi connectivity index (χ0n) is 13.7. The summed E-state index contributed by atoms with van der Waals surface area (Å²) in [6, 6.07) is 4.80. The van der Waals surface area contributed by atoms with Crippen LogP contribution in [0.15, 0.2) is 27.7 Å². The van der Waals surface area contributed by atoms with Crippen LogP contribution in [0.1, 0.15) is 25.3 Å². The minimum absolute atomic E-state index is 0.216. The Morgan fingerprint density at radius 2 is 2.17 bits per heavy atom. The van der Waals surface area contributed by atoms with Crippen LogP contribution in [-0.4, -0.2) is 42.6 Å². The van der Waals surface area contributed by atoms with E-state index in [9.17, 15) is 9.18 Å². The highest BCUT2D eigenvalue weighted by Crippen LogP contribution is 2.16. The first-order chi connectivity index (χ1) is 11.5. The molecule has 1 aliphatic heterocycles. The first-order valence-electron chi connectivity index (χ1n) is 8.02. The van der Waals surface area contributed by atoms with Crippen LogP contribution in [0, 0.1) is 5.82 Å². The average molecular weight is 400 g/mol. The van der Waals surface area contributed by atoms with E-state index in [-0.39, 0.29) is 24.4 Å². The molecule has 0 radical (unpaired) electrons. The molecule has 0 bridgehead atoms. The lowest BCUT2D eigenvalue weighted by Crippen LogP contribution is -2.50. The van der Waals surface area contributed by atoms with Crippen LogP contribution < -0.4 is 16.4 Å². The number of hydrogen-bond acceptors (Lipinski definition) is 2. The minimum atomic E-state index is -0.375. The van der Waals surface area contributed by atoms with Crippen LogP contribution in [0.5, 0.6) is 0 Å². The number of primary amides is 1. The van der Waals surface area contributed by atoms with Gasteiger partial charge < -0.3 is 21.3 Å². The molecular weight excluding hydrogens is 377 g/mol. The molecule has 1 aromatic carbocycles. The number of benzene rings is 1. The number of amides is 2. The van der Waals surface area contributed by atoms with Gasteiger partial charge in [0.15, 0.2) is 5.96 Å². The second kappa shape index (κ2) is 8.86. The maximum atomic E-state index is 13.9. The fourth-order valence-electron chi connectivity index (χ4n) is 2.57. The van der Waals surface area contributed by atoms with Crippen molar-refractivity contribution in [3.63, 3.8) is 0 Å². The number of guanidine groups is 1. The van der Waals surface area contributed by atoms with Crippen molar-refractivity contribution in [1.29, 1.82) is 0 Å². The lowest BCUT2D eigenvalue weighted by Gasteiger charge is -2.32. The zero-order valence-corrected chi connectivity index (χ0v) is 15.3. The predicted molar refractivity (Wildman–Crippen MR) is 96.2 cm³/mol. The average Bonchev–Trinajstić information content (AvgIpc) is 2.54. The van der Waals surface area contributed by atoms with E-state index in [1.54, 1.807) is 17.0 Å². The highest BCUT2D eigenvalue weighted by atomic mass is 79.9. The molecule has 2 amide bonds. The van der Waals surface area contributed by atoms with E-state index >= 15 is 0 Å². The molecule has 4 N–H and O–H groups in total. The van der Waals surface area contributed by atoms with Crippen LogP contribution in [0.25, 0.3) is 0 Å². The highest BCUT2D eigenvalue weighted by Gasteiger charge is 2.21. The standard InChI is InChI=1S/C16H23BrFN5O/c1-2-20-16(21-10-11-3-4-12(17)9-14(11)18)22-13-5-7-23(8-6-13)15(19)24/h3-4,9,13H,2,5-8,10H2,1H3,(H2,19,24)(H2,20,21,22). The molecule has 1 heterocycles. The smallest absolute Gasteiger partial charge is 0.314 e. The molecule has 0 atom stereocenters. The normalized spacial score (nSPS) is 16.1. The molecule has 6 nitrogen and oxygen atoms in total. The first kappa shape index (κ1) is 18.5. The van der Waals surface area contributed by atoms with Gasteiger partial charge in [-0.25, -0.2) is 14.2 Å². The summed E-state index contributed by atoms with van der Waals surface area (Å²) in [5.41, 5.74) is 5.83. The second-order valence-electron chi connectivity index (χ2n) is 5.67. The number of carbonyl (C=O) groups is 1. The Hall–Kier alpha value is -1.83. The van der Waals surface area contributed by atoms with E-state index in [4.69, 9.17) is 5.73 Å². The molecule has 0 aliphatic carbocycles. The number of nitrogens with zero attached hydrogens (tertiary/aromatic N) is 2. The van der Waals surface area contributed by atoms with Crippen molar-refractivity contribution in [1.82, 2.24) is 15.5 Å². The number of piperidine rings is 1. The van der Waals surface area contributed by atoms with E-state index in [1.165, 1.54) is 6.07 Å². The molecule has 0 aromatic heterocycles. The number of halogens is 2. The summed E-state index contributed by atoms with van der Waals surface area (Å²) in [6.07, 6.45) is 1.61. The van der Waals surface area contributed by atoms with E-state index in [1.807, 2.05) is 6.92 Å². The van der Waals surface area contributed by atoms with Gasteiger partial charge >= 0.3 is 6.03 Å². The lowest BCUT2D eigenvalue weighted by molar-refractivity contribution is 0.188. The maximum Gasteiger partial charge on any atom is 0.314 e. The molecule has 0 spiro atoms. The Kier molecular flexibility index (Phi) is 6.84. The minimum Gasteiger partial charge on any atom is -0.357 e. The fourth-order valence-corrected chi connectivity index (χ4v) is 2.90. The Balaban J connectivity index is 1.95. The number of aliphatic imine (C=N–C) groups is 1. The molecule has 24 heavy (non-hydrogen) atoms. The summed E-state index contributed by atoms with van der Waals surface area (Å²) in [4.78, 5) is 17.2. The van der Waals surface area contributed by atoms with E-state index in [0.717, 1.165) is 19.4 Å². The molecule has 0 unspecified atom stereocenters. The second-order valence-corrected chi connectivity index (χ2v) is 6.59. The summed E-state index contributed by atoms with van der Waals surface area (Å²) in [7, 11) is 0. The van der Waals surface area contributed by atoms with Gasteiger partial charge in [0.05, 0.1) is 6.54 Å². The zero-order chi connectivity index (χ0) is 17.5. The van der Waals surface area contributed by atoms with Crippen LogP contribution in [0.3, 0.4) is 0 Å². The van der Waals surface area contributed by atoms with Crippen molar-refractivity contribution in [2.75, 3.05) is 19.6 Å². The third-order valence-corrected chi connectivity index (χ3v) is 4.41. The predicted octanol–water partition coefficient (Wildman–Crippen LogP) is 2.19. The first-order valence-corrected chi connectivity index (χ1v) is 8.82. The molecule has 132 valence electrons. The van der Waals surface area contributed by atoms with Gasteiger partial charge in [-0.15, -0.1) is 0 Å². The Bertz CT molecular complexity index is 602. The molecule has 1 aliphatic rings. The molecule has 1 saturated heterocycles. The Morgan fingerprint density at radius 1 is 1.46 bits per heavy atom. The Labute approximate surface area is 149 Å². The molecule has 8 heteroatoms. The topological polar surface area (TPSA) is 82.8 Å². The maximum absolute atomic E-state index is 13.9. The number of nitrogens with one attached hydrogen (secondary N) is 2. The molecule has 0 saturated carbocycles. The molecule has 1 aromatic rings. The van der Waals surface area contributed by atoms with Crippen LogP contribution >= 0.6 is 15.9 Å². The third kappa shape index (κ3) is 5.36. The van der Waals surface area contributed by atoms with Gasteiger partial charge in [-0.3, -0.25) is 0 Å². The van der Waals surface area contributed by atoms with Crippen LogP contribution in [-0.2, 0) is 6.54 Å². The summed E-state index contributed by atoms with van der Waals surface area (Å²) in [6.45, 7) is 4.22. The number of hydrogen-bond donors (Lipinski definition) is 3. The highest BCUT2D eigenvalue weighted by molar-refractivity contribution is 9.10. The van der Waals surface area contributed by atoms with Crippen molar-refractivity contribution in [2.45, 2.75) is 32.4 Å². The van der Waals surface area contributed by atoms with Crippen LogP contribution in [0.2, 0.25) is 0 Å². The van der Waals surface area contributed by atoms with Gasteiger partial charge in [0.1, 0.15) is 5.82 Å². The lowest BCUT2D eigenvalue weighted by atomic mass is 10.1. The summed E-state index contributed by atoms with van der Waals surface area (Å²) >= 11 is 3.24. The van der Waals surface area contributed by atoms with Gasteiger partial charge in [-0.05, 0) is 31.9 Å². The van der Waals surface area contributed by atoms with Crippen molar-refractivity contribution >= 4 is 27.9 Å². The number of urea groups is 1. The van der Waals surface area contributed by atoms with E-state index < -0.39 is 0 Å². The number of likely N-dealkylation sites (tertiary alicyclic amines) is 1. The summed E-state index contributed by atoms with van der Waals surface area (Å²) in [5, 5.41) is 6.51. The van der Waals surface area contributed by atoms with E-state index in [2.05, 4.69) is 31.6 Å². The van der Waals surface area contributed by atoms with Crippen molar-refractivity contribution in [3.8, 4) is 0 Å². The largest absolute Gasteiger partial charge is 0.357 e.